The first-order valence-corrected chi connectivity index (χ1v) is 5.75. The molecule has 0 aliphatic heterocycles. The van der Waals surface area contributed by atoms with Crippen molar-refractivity contribution in [2.24, 2.45) is 0 Å². The molecule has 2 heterocycles. The molecule has 0 unspecified atom stereocenters. The fourth-order valence-corrected chi connectivity index (χ4v) is 1.80. The van der Waals surface area contributed by atoms with Crippen LogP contribution < -0.4 is 5.32 Å². The van der Waals surface area contributed by atoms with Crippen LogP contribution in [0.1, 0.15) is 5.69 Å². The molecule has 0 saturated carbocycles. The van der Waals surface area contributed by atoms with Gasteiger partial charge in [-0.25, -0.2) is 9.97 Å². The van der Waals surface area contributed by atoms with Gasteiger partial charge in [-0.15, -0.1) is 0 Å². The standard InChI is InChI=1S/C14H12N4/c1-2-11-8-12(3-4-14(11)16-6-1)17-9-13-5-7-15-10-18-13/h1-8,10,17H,9H2. The molecular weight excluding hydrogens is 224 g/mol. The molecule has 0 bridgehead atoms. The topological polar surface area (TPSA) is 50.7 Å². The third-order valence-corrected chi connectivity index (χ3v) is 2.72. The van der Waals surface area contributed by atoms with Crippen molar-refractivity contribution < 1.29 is 0 Å². The van der Waals surface area contributed by atoms with Gasteiger partial charge in [-0.3, -0.25) is 4.98 Å². The zero-order valence-corrected chi connectivity index (χ0v) is 9.74. The number of benzene rings is 1. The summed E-state index contributed by atoms with van der Waals surface area (Å²) >= 11 is 0. The van der Waals surface area contributed by atoms with Gasteiger partial charge in [-0.2, -0.15) is 0 Å². The van der Waals surface area contributed by atoms with E-state index in [0.717, 1.165) is 22.3 Å². The lowest BCUT2D eigenvalue weighted by Gasteiger charge is -2.06. The van der Waals surface area contributed by atoms with E-state index in [2.05, 4.69) is 32.4 Å². The molecule has 4 heteroatoms. The molecule has 3 rings (SSSR count). The van der Waals surface area contributed by atoms with Gasteiger partial charge in [0.2, 0.25) is 0 Å². The highest BCUT2D eigenvalue weighted by atomic mass is 14.9. The van der Waals surface area contributed by atoms with Crippen molar-refractivity contribution in [1.82, 2.24) is 15.0 Å². The molecule has 0 fully saturated rings. The molecular formula is C14H12N4. The number of aromatic nitrogens is 3. The number of rotatable bonds is 3. The Morgan fingerprint density at radius 3 is 2.89 bits per heavy atom. The second-order valence-corrected chi connectivity index (χ2v) is 3.97. The van der Waals surface area contributed by atoms with E-state index < -0.39 is 0 Å². The van der Waals surface area contributed by atoms with Crippen molar-refractivity contribution in [3.8, 4) is 0 Å². The average Bonchev–Trinajstić information content (AvgIpc) is 2.46. The summed E-state index contributed by atoms with van der Waals surface area (Å²) in [6.45, 7) is 0.689. The second kappa shape index (κ2) is 4.79. The van der Waals surface area contributed by atoms with Crippen molar-refractivity contribution in [1.29, 1.82) is 0 Å². The van der Waals surface area contributed by atoms with Gasteiger partial charge in [-0.1, -0.05) is 6.07 Å². The fourth-order valence-electron chi connectivity index (χ4n) is 1.80. The Morgan fingerprint density at radius 2 is 2.00 bits per heavy atom. The van der Waals surface area contributed by atoms with E-state index in [1.54, 1.807) is 18.7 Å². The Morgan fingerprint density at radius 1 is 1.00 bits per heavy atom. The molecule has 0 aliphatic carbocycles. The van der Waals surface area contributed by atoms with Crippen LogP contribution in [-0.2, 0) is 6.54 Å². The molecule has 3 aromatic rings. The maximum absolute atomic E-state index is 4.29. The van der Waals surface area contributed by atoms with Gasteiger partial charge in [0.1, 0.15) is 6.33 Å². The quantitative estimate of drug-likeness (QED) is 0.759. The third kappa shape index (κ3) is 2.27. The summed E-state index contributed by atoms with van der Waals surface area (Å²) in [6, 6.07) is 12.0. The molecule has 0 aliphatic rings. The highest BCUT2D eigenvalue weighted by Crippen LogP contribution is 2.17. The predicted octanol–water partition coefficient (Wildman–Crippen LogP) is 2.64. The van der Waals surface area contributed by atoms with Crippen LogP contribution in [0.5, 0.6) is 0 Å². The highest BCUT2D eigenvalue weighted by molar-refractivity contribution is 5.82. The van der Waals surface area contributed by atoms with Crippen LogP contribution in [-0.4, -0.2) is 15.0 Å². The van der Waals surface area contributed by atoms with Gasteiger partial charge in [0, 0.05) is 23.5 Å². The van der Waals surface area contributed by atoms with Crippen LogP contribution in [0.2, 0.25) is 0 Å². The maximum Gasteiger partial charge on any atom is 0.115 e. The normalized spacial score (nSPS) is 10.4. The third-order valence-electron chi connectivity index (χ3n) is 2.72. The van der Waals surface area contributed by atoms with Crippen LogP contribution >= 0.6 is 0 Å². The van der Waals surface area contributed by atoms with E-state index in [1.165, 1.54) is 0 Å². The van der Waals surface area contributed by atoms with Crippen molar-refractivity contribution in [3.05, 3.63) is 60.8 Å². The summed E-state index contributed by atoms with van der Waals surface area (Å²) in [5.41, 5.74) is 3.04. The Bertz CT molecular complexity index is 652. The van der Waals surface area contributed by atoms with E-state index in [-0.39, 0.29) is 0 Å². The van der Waals surface area contributed by atoms with Gasteiger partial charge in [-0.05, 0) is 30.3 Å². The van der Waals surface area contributed by atoms with Crippen LogP contribution in [0.4, 0.5) is 5.69 Å². The van der Waals surface area contributed by atoms with Crippen LogP contribution in [0.3, 0.4) is 0 Å². The maximum atomic E-state index is 4.29. The highest BCUT2D eigenvalue weighted by Gasteiger charge is 1.97. The number of anilines is 1. The van der Waals surface area contributed by atoms with E-state index in [4.69, 9.17) is 0 Å². The number of pyridine rings is 1. The Kier molecular flexibility index (Phi) is 2.84. The van der Waals surface area contributed by atoms with Crippen LogP contribution in [0.15, 0.2) is 55.1 Å². The molecule has 2 aromatic heterocycles. The molecule has 1 aromatic carbocycles. The first kappa shape index (κ1) is 10.7. The van der Waals surface area contributed by atoms with Crippen LogP contribution in [0.25, 0.3) is 10.9 Å². The largest absolute Gasteiger partial charge is 0.379 e. The van der Waals surface area contributed by atoms with Crippen LogP contribution in [0, 0.1) is 0 Å². The second-order valence-electron chi connectivity index (χ2n) is 3.97. The summed E-state index contributed by atoms with van der Waals surface area (Å²) < 4.78 is 0. The molecule has 0 saturated heterocycles. The van der Waals surface area contributed by atoms with Gasteiger partial charge in [0.05, 0.1) is 17.8 Å². The average molecular weight is 236 g/mol. The predicted molar refractivity (Wildman–Crippen MR) is 71.1 cm³/mol. The first-order chi connectivity index (χ1) is 8.92. The zero-order valence-electron chi connectivity index (χ0n) is 9.74. The minimum Gasteiger partial charge on any atom is -0.379 e. The van der Waals surface area contributed by atoms with Crippen molar-refractivity contribution >= 4 is 16.6 Å². The van der Waals surface area contributed by atoms with Gasteiger partial charge in [0.15, 0.2) is 0 Å². The molecule has 0 spiro atoms. The molecule has 0 atom stereocenters. The minimum absolute atomic E-state index is 0.689. The molecule has 88 valence electrons. The zero-order chi connectivity index (χ0) is 12.2. The summed E-state index contributed by atoms with van der Waals surface area (Å²) in [4.78, 5) is 12.4. The summed E-state index contributed by atoms with van der Waals surface area (Å²) in [5.74, 6) is 0. The van der Waals surface area contributed by atoms with Gasteiger partial charge >= 0.3 is 0 Å². The molecule has 0 radical (unpaired) electrons. The lowest BCUT2D eigenvalue weighted by atomic mass is 10.2. The summed E-state index contributed by atoms with van der Waals surface area (Å²) in [6.07, 6.45) is 5.10. The first-order valence-electron chi connectivity index (χ1n) is 5.75. The molecule has 0 amide bonds. The van der Waals surface area contributed by atoms with Gasteiger partial charge < -0.3 is 5.32 Å². The Hall–Kier alpha value is -2.49. The fraction of sp³-hybridized carbons (Fsp3) is 0.0714. The lowest BCUT2D eigenvalue weighted by Crippen LogP contribution is -2.01. The Balaban J connectivity index is 1.79. The van der Waals surface area contributed by atoms with Crippen molar-refractivity contribution in [2.75, 3.05) is 5.32 Å². The molecule has 18 heavy (non-hydrogen) atoms. The number of nitrogens with zero attached hydrogens (tertiary/aromatic N) is 3. The van der Waals surface area contributed by atoms with Crippen molar-refractivity contribution in [2.45, 2.75) is 6.54 Å². The van der Waals surface area contributed by atoms with Gasteiger partial charge in [0.25, 0.3) is 0 Å². The molecule has 4 nitrogen and oxygen atoms in total. The number of nitrogens with one attached hydrogen (secondary N) is 1. The Labute approximate surface area is 105 Å². The number of hydrogen-bond acceptors (Lipinski definition) is 4. The smallest absolute Gasteiger partial charge is 0.115 e. The number of fused-ring (bicyclic) bond motifs is 1. The number of hydrogen-bond donors (Lipinski definition) is 1. The summed E-state index contributed by atoms with van der Waals surface area (Å²) in [7, 11) is 0. The monoisotopic (exact) mass is 236 g/mol. The molecule has 1 N–H and O–H groups in total. The van der Waals surface area contributed by atoms with E-state index >= 15 is 0 Å². The minimum atomic E-state index is 0.689. The van der Waals surface area contributed by atoms with Crippen molar-refractivity contribution in [3.63, 3.8) is 0 Å². The summed E-state index contributed by atoms with van der Waals surface area (Å²) in [5, 5.41) is 4.46. The van der Waals surface area contributed by atoms with E-state index in [0.29, 0.717) is 6.54 Å². The lowest BCUT2D eigenvalue weighted by molar-refractivity contribution is 1.01. The van der Waals surface area contributed by atoms with E-state index in [9.17, 15) is 0 Å². The SMILES string of the molecule is c1cnc2ccc(NCc3ccncn3)cc2c1. The van der Waals surface area contributed by atoms with E-state index in [1.807, 2.05) is 24.3 Å².